The second kappa shape index (κ2) is 5.92. The molecule has 84 valence electrons. The lowest BCUT2D eigenvalue weighted by atomic mass is 10.2. The van der Waals surface area contributed by atoms with E-state index in [1.54, 1.807) is 13.2 Å². The summed E-state index contributed by atoms with van der Waals surface area (Å²) in [4.78, 5) is 0. The molecule has 0 spiro atoms. The first-order chi connectivity index (χ1) is 7.15. The Morgan fingerprint density at radius 1 is 1.53 bits per heavy atom. The van der Waals surface area contributed by atoms with Gasteiger partial charge in [-0.05, 0) is 28.4 Å². The van der Waals surface area contributed by atoms with E-state index in [1.807, 2.05) is 0 Å². The minimum absolute atomic E-state index is 0.352. The van der Waals surface area contributed by atoms with Gasteiger partial charge in [0.25, 0.3) is 0 Å². The first kappa shape index (κ1) is 12.3. The monoisotopic (exact) mass is 276 g/mol. The molecule has 1 aromatic rings. The molecule has 0 saturated carbocycles. The number of nitrogens with one attached hydrogen (secondary N) is 1. The topological polar surface area (TPSA) is 47.3 Å². The number of anilines is 2. The zero-order valence-electron chi connectivity index (χ0n) is 8.52. The van der Waals surface area contributed by atoms with Gasteiger partial charge < -0.3 is 15.8 Å². The summed E-state index contributed by atoms with van der Waals surface area (Å²) in [6.07, 6.45) is 0.880. The smallest absolute Gasteiger partial charge is 0.139 e. The molecule has 5 heteroatoms. The molecule has 3 N–H and O–H groups in total. The molecule has 0 radical (unpaired) electrons. The van der Waals surface area contributed by atoms with Crippen molar-refractivity contribution in [2.75, 3.05) is 31.3 Å². The Hall–Kier alpha value is -0.810. The molecule has 0 fully saturated rings. The highest BCUT2D eigenvalue weighted by Gasteiger charge is 2.04. The van der Waals surface area contributed by atoms with Crippen molar-refractivity contribution in [3.8, 4) is 0 Å². The number of nitrogens with two attached hydrogens (primary N) is 1. The van der Waals surface area contributed by atoms with Gasteiger partial charge in [-0.25, -0.2) is 4.39 Å². The SMILES string of the molecule is COCCCNc1cc(Br)c(F)cc1N. The molecule has 0 aliphatic rings. The van der Waals surface area contributed by atoms with Gasteiger partial charge in [-0.3, -0.25) is 0 Å². The number of hydrogen-bond acceptors (Lipinski definition) is 3. The zero-order valence-corrected chi connectivity index (χ0v) is 10.1. The van der Waals surface area contributed by atoms with Crippen LogP contribution in [0.15, 0.2) is 16.6 Å². The molecule has 0 unspecified atom stereocenters. The maximum Gasteiger partial charge on any atom is 0.139 e. The molecular weight excluding hydrogens is 263 g/mol. The lowest BCUT2D eigenvalue weighted by Gasteiger charge is -2.09. The summed E-state index contributed by atoms with van der Waals surface area (Å²) >= 11 is 3.11. The highest BCUT2D eigenvalue weighted by Crippen LogP contribution is 2.26. The van der Waals surface area contributed by atoms with E-state index in [-0.39, 0.29) is 5.82 Å². The van der Waals surface area contributed by atoms with Crippen molar-refractivity contribution >= 4 is 27.3 Å². The second-order valence-electron chi connectivity index (χ2n) is 3.13. The Balaban J connectivity index is 2.57. The number of ether oxygens (including phenoxy) is 1. The number of rotatable bonds is 5. The molecule has 0 atom stereocenters. The molecule has 0 bridgehead atoms. The summed E-state index contributed by atoms with van der Waals surface area (Å²) < 4.78 is 18.3. The van der Waals surface area contributed by atoms with Crippen molar-refractivity contribution in [3.05, 3.63) is 22.4 Å². The van der Waals surface area contributed by atoms with Gasteiger partial charge in [0.2, 0.25) is 0 Å². The minimum atomic E-state index is -0.352. The number of nitrogen functional groups attached to an aromatic ring is 1. The molecule has 0 heterocycles. The molecule has 3 nitrogen and oxygen atoms in total. The van der Waals surface area contributed by atoms with E-state index < -0.39 is 0 Å². The Morgan fingerprint density at radius 2 is 2.27 bits per heavy atom. The molecule has 0 aliphatic carbocycles. The molecule has 0 amide bonds. The Kier molecular flexibility index (Phi) is 4.84. The van der Waals surface area contributed by atoms with E-state index in [4.69, 9.17) is 10.5 Å². The predicted octanol–water partition coefficient (Wildman–Crippen LogP) is 2.62. The fourth-order valence-electron chi connectivity index (χ4n) is 1.15. The first-order valence-corrected chi connectivity index (χ1v) is 5.41. The summed E-state index contributed by atoms with van der Waals surface area (Å²) in [5.74, 6) is -0.352. The zero-order chi connectivity index (χ0) is 11.3. The molecule has 0 saturated heterocycles. The number of benzene rings is 1. The van der Waals surface area contributed by atoms with E-state index >= 15 is 0 Å². The van der Waals surface area contributed by atoms with E-state index in [0.29, 0.717) is 16.8 Å². The van der Waals surface area contributed by atoms with Gasteiger partial charge in [-0.15, -0.1) is 0 Å². The first-order valence-electron chi connectivity index (χ1n) is 4.62. The summed E-state index contributed by atoms with van der Waals surface area (Å²) in [5, 5.41) is 3.11. The quantitative estimate of drug-likeness (QED) is 0.642. The van der Waals surface area contributed by atoms with E-state index in [9.17, 15) is 4.39 Å². The summed E-state index contributed by atoms with van der Waals surface area (Å²) in [6, 6.07) is 2.93. The fraction of sp³-hybridized carbons (Fsp3) is 0.400. The second-order valence-corrected chi connectivity index (χ2v) is 3.98. The molecule has 0 aromatic heterocycles. The van der Waals surface area contributed by atoms with Crippen molar-refractivity contribution in [1.29, 1.82) is 0 Å². The van der Waals surface area contributed by atoms with Crippen molar-refractivity contribution in [2.24, 2.45) is 0 Å². The van der Waals surface area contributed by atoms with Crippen molar-refractivity contribution < 1.29 is 9.13 Å². The van der Waals surface area contributed by atoms with Crippen LogP contribution in [0.4, 0.5) is 15.8 Å². The molecule has 1 aromatic carbocycles. The van der Waals surface area contributed by atoms with Gasteiger partial charge in [0.15, 0.2) is 0 Å². The molecule has 0 aliphatic heterocycles. The van der Waals surface area contributed by atoms with E-state index in [0.717, 1.165) is 18.7 Å². The van der Waals surface area contributed by atoms with Crippen LogP contribution < -0.4 is 11.1 Å². The highest BCUT2D eigenvalue weighted by atomic mass is 79.9. The fourth-order valence-corrected chi connectivity index (χ4v) is 1.50. The Morgan fingerprint density at radius 3 is 2.93 bits per heavy atom. The lowest BCUT2D eigenvalue weighted by molar-refractivity contribution is 0.198. The van der Waals surface area contributed by atoms with Crippen LogP contribution >= 0.6 is 15.9 Å². The van der Waals surface area contributed by atoms with Gasteiger partial charge in [0.05, 0.1) is 15.8 Å². The maximum atomic E-state index is 13.0. The normalized spacial score (nSPS) is 10.3. The van der Waals surface area contributed by atoms with Crippen LogP contribution in [0.2, 0.25) is 0 Å². The van der Waals surface area contributed by atoms with Gasteiger partial charge in [0, 0.05) is 26.3 Å². The summed E-state index contributed by atoms with van der Waals surface area (Å²) in [6.45, 7) is 1.44. The van der Waals surface area contributed by atoms with Gasteiger partial charge >= 0.3 is 0 Å². The molecular formula is C10H14BrFN2O. The summed E-state index contributed by atoms with van der Waals surface area (Å²) in [5.41, 5.74) is 6.80. The number of methoxy groups -OCH3 is 1. The van der Waals surface area contributed by atoms with Crippen LogP contribution in [0.1, 0.15) is 6.42 Å². The van der Waals surface area contributed by atoms with Crippen LogP contribution in [0.25, 0.3) is 0 Å². The third-order valence-corrected chi connectivity index (χ3v) is 2.54. The van der Waals surface area contributed by atoms with Crippen molar-refractivity contribution in [1.82, 2.24) is 0 Å². The van der Waals surface area contributed by atoms with Crippen LogP contribution in [0, 0.1) is 5.82 Å². The average molecular weight is 277 g/mol. The van der Waals surface area contributed by atoms with Crippen molar-refractivity contribution in [3.63, 3.8) is 0 Å². The van der Waals surface area contributed by atoms with E-state index in [1.165, 1.54) is 6.07 Å². The van der Waals surface area contributed by atoms with Gasteiger partial charge in [-0.1, -0.05) is 0 Å². The predicted molar refractivity (Wildman–Crippen MR) is 63.5 cm³/mol. The van der Waals surface area contributed by atoms with Crippen LogP contribution in [0.3, 0.4) is 0 Å². The average Bonchev–Trinajstić information content (AvgIpc) is 2.20. The highest BCUT2D eigenvalue weighted by molar-refractivity contribution is 9.10. The minimum Gasteiger partial charge on any atom is -0.397 e. The molecule has 1 rings (SSSR count). The largest absolute Gasteiger partial charge is 0.397 e. The number of hydrogen-bond donors (Lipinski definition) is 2. The van der Waals surface area contributed by atoms with Crippen LogP contribution in [-0.2, 0) is 4.74 Å². The van der Waals surface area contributed by atoms with Crippen LogP contribution in [-0.4, -0.2) is 20.3 Å². The summed E-state index contributed by atoms with van der Waals surface area (Å²) in [7, 11) is 1.66. The standard InChI is InChI=1S/C10H14BrFN2O/c1-15-4-2-3-14-10-5-7(11)8(12)6-9(10)13/h5-6,14H,2-4,13H2,1H3. The van der Waals surface area contributed by atoms with Gasteiger partial charge in [-0.2, -0.15) is 0 Å². The van der Waals surface area contributed by atoms with Crippen LogP contribution in [0.5, 0.6) is 0 Å². The van der Waals surface area contributed by atoms with Crippen molar-refractivity contribution in [2.45, 2.75) is 6.42 Å². The lowest BCUT2D eigenvalue weighted by Crippen LogP contribution is -2.07. The third kappa shape index (κ3) is 3.68. The number of halogens is 2. The molecule has 15 heavy (non-hydrogen) atoms. The van der Waals surface area contributed by atoms with Gasteiger partial charge in [0.1, 0.15) is 5.82 Å². The maximum absolute atomic E-state index is 13.0. The Bertz CT molecular complexity index is 333. The Labute approximate surface area is 96.9 Å². The van der Waals surface area contributed by atoms with E-state index in [2.05, 4.69) is 21.2 Å². The third-order valence-electron chi connectivity index (χ3n) is 1.93.